The van der Waals surface area contributed by atoms with Crippen molar-refractivity contribution < 1.29 is 18.8 Å². The van der Waals surface area contributed by atoms with E-state index in [4.69, 9.17) is 0 Å². The first-order chi connectivity index (χ1) is 7.95. The van der Waals surface area contributed by atoms with E-state index >= 15 is 0 Å². The summed E-state index contributed by atoms with van der Waals surface area (Å²) in [6.07, 6.45) is 1.45. The van der Waals surface area contributed by atoms with Gasteiger partial charge >= 0.3 is 0 Å². The molecule has 0 spiro atoms. The molecule has 0 saturated carbocycles. The number of carbonyl (C=O) groups excluding carboxylic acids is 3. The number of piperidine rings is 1. The van der Waals surface area contributed by atoms with Gasteiger partial charge in [-0.05, 0) is 13.3 Å². The van der Waals surface area contributed by atoms with Crippen molar-refractivity contribution in [1.29, 1.82) is 0 Å². The fourth-order valence-electron chi connectivity index (χ4n) is 1.46. The molecule has 0 aliphatic carbocycles. The summed E-state index contributed by atoms with van der Waals surface area (Å²) in [6.45, 7) is 4.44. The molecule has 1 heterocycles. The van der Waals surface area contributed by atoms with Crippen molar-refractivity contribution in [3.05, 3.63) is 24.1 Å². The molecule has 5 nitrogen and oxygen atoms in total. The Hall–Kier alpha value is -1.98. The lowest BCUT2D eigenvalue weighted by Crippen LogP contribution is -2.52. The van der Waals surface area contributed by atoms with Crippen molar-refractivity contribution >= 4 is 17.7 Å². The highest BCUT2D eigenvalue weighted by atomic mass is 19.1. The molecule has 1 aliphatic heterocycles. The Kier molecular flexibility index (Phi) is 4.14. The molecule has 1 unspecified atom stereocenters. The van der Waals surface area contributed by atoms with Gasteiger partial charge in [-0.15, -0.1) is 0 Å². The summed E-state index contributed by atoms with van der Waals surface area (Å²) in [5, 5.41) is 4.44. The van der Waals surface area contributed by atoms with Gasteiger partial charge in [0.05, 0.1) is 5.57 Å². The van der Waals surface area contributed by atoms with Gasteiger partial charge in [0.15, 0.2) is 0 Å². The lowest BCUT2D eigenvalue weighted by molar-refractivity contribution is -0.136. The molecule has 1 saturated heterocycles. The number of allylic oxidation sites excluding steroid dienone is 1. The second-order valence-corrected chi connectivity index (χ2v) is 3.63. The molecular weight excluding hydrogens is 227 g/mol. The highest BCUT2D eigenvalue weighted by Crippen LogP contribution is 2.09. The first-order valence-electron chi connectivity index (χ1n) is 5.09. The van der Waals surface area contributed by atoms with E-state index in [1.165, 1.54) is 0 Å². The summed E-state index contributed by atoms with van der Waals surface area (Å²) in [6, 6.07) is -0.811. The van der Waals surface area contributed by atoms with Gasteiger partial charge in [0.2, 0.25) is 11.8 Å². The second kappa shape index (κ2) is 5.38. The Morgan fingerprint density at radius 3 is 2.71 bits per heavy atom. The van der Waals surface area contributed by atoms with Gasteiger partial charge in [-0.3, -0.25) is 19.7 Å². The average molecular weight is 240 g/mol. The number of imide groups is 1. The Morgan fingerprint density at radius 1 is 1.59 bits per heavy atom. The Labute approximate surface area is 97.8 Å². The number of halogens is 1. The Bertz CT molecular complexity index is 411. The van der Waals surface area contributed by atoms with Gasteiger partial charge in [0, 0.05) is 6.42 Å². The molecule has 0 radical (unpaired) electrons. The summed E-state index contributed by atoms with van der Waals surface area (Å²) in [5.41, 5.74) is -0.213. The Morgan fingerprint density at radius 2 is 2.24 bits per heavy atom. The highest BCUT2D eigenvalue weighted by Gasteiger charge is 2.28. The smallest absolute Gasteiger partial charge is 0.254 e. The third-order valence-electron chi connectivity index (χ3n) is 2.36. The molecule has 17 heavy (non-hydrogen) atoms. The third kappa shape index (κ3) is 3.24. The van der Waals surface area contributed by atoms with E-state index in [1.54, 1.807) is 0 Å². The quantitative estimate of drug-likeness (QED) is 0.424. The molecular formula is C11H13FN2O3. The maximum Gasteiger partial charge on any atom is 0.254 e. The molecule has 2 N–H and O–H groups in total. The SMILES string of the molecule is C=C/C(C(=O)NC1CCC(=O)NC1=O)=C(\C)F. The van der Waals surface area contributed by atoms with Gasteiger partial charge < -0.3 is 5.32 Å². The van der Waals surface area contributed by atoms with Crippen molar-refractivity contribution in [1.82, 2.24) is 10.6 Å². The van der Waals surface area contributed by atoms with E-state index in [-0.39, 0.29) is 24.3 Å². The van der Waals surface area contributed by atoms with Gasteiger partial charge in [-0.2, -0.15) is 0 Å². The van der Waals surface area contributed by atoms with Gasteiger partial charge in [-0.25, -0.2) is 4.39 Å². The van der Waals surface area contributed by atoms with E-state index in [0.717, 1.165) is 13.0 Å². The number of carbonyl (C=O) groups is 3. The monoisotopic (exact) mass is 240 g/mol. The molecule has 1 fully saturated rings. The number of amides is 3. The minimum absolute atomic E-state index is 0.151. The van der Waals surface area contributed by atoms with E-state index in [0.29, 0.717) is 0 Å². The first-order valence-corrected chi connectivity index (χ1v) is 5.09. The summed E-state index contributed by atoms with van der Waals surface area (Å²) in [4.78, 5) is 33.8. The normalized spacial score (nSPS) is 21.4. The lowest BCUT2D eigenvalue weighted by atomic mass is 10.1. The maximum absolute atomic E-state index is 12.9. The molecule has 92 valence electrons. The van der Waals surface area contributed by atoms with E-state index in [2.05, 4.69) is 17.2 Å². The third-order valence-corrected chi connectivity index (χ3v) is 2.36. The molecule has 1 aliphatic rings. The lowest BCUT2D eigenvalue weighted by Gasteiger charge is -2.21. The number of rotatable bonds is 3. The Balaban J connectivity index is 2.69. The van der Waals surface area contributed by atoms with Crippen LogP contribution in [-0.4, -0.2) is 23.8 Å². The molecule has 0 aromatic rings. The summed E-state index contributed by atoms with van der Waals surface area (Å²) in [5.74, 6) is -2.34. The largest absolute Gasteiger partial charge is 0.340 e. The van der Waals surface area contributed by atoms with Crippen LogP contribution in [0.4, 0.5) is 4.39 Å². The van der Waals surface area contributed by atoms with Crippen LogP contribution in [0.3, 0.4) is 0 Å². The van der Waals surface area contributed by atoms with Crippen LogP contribution in [0, 0.1) is 0 Å². The van der Waals surface area contributed by atoms with Crippen LogP contribution in [0.1, 0.15) is 19.8 Å². The van der Waals surface area contributed by atoms with E-state index < -0.39 is 23.7 Å². The minimum Gasteiger partial charge on any atom is -0.340 e. The molecule has 3 amide bonds. The molecule has 0 aromatic carbocycles. The highest BCUT2D eigenvalue weighted by molar-refractivity contribution is 6.04. The maximum atomic E-state index is 12.9. The zero-order chi connectivity index (χ0) is 13.0. The predicted molar refractivity (Wildman–Crippen MR) is 58.3 cm³/mol. The molecule has 1 atom stereocenters. The van der Waals surface area contributed by atoms with E-state index in [1.807, 2.05) is 0 Å². The van der Waals surface area contributed by atoms with Crippen LogP contribution in [0.2, 0.25) is 0 Å². The minimum atomic E-state index is -0.811. The van der Waals surface area contributed by atoms with Gasteiger partial charge in [0.25, 0.3) is 5.91 Å². The van der Waals surface area contributed by atoms with Crippen LogP contribution in [0.25, 0.3) is 0 Å². The number of hydrogen-bond acceptors (Lipinski definition) is 3. The standard InChI is InChI=1S/C11H13FN2O3/c1-3-7(6(2)12)10(16)13-8-4-5-9(15)14-11(8)17/h3,8H,1,4-5H2,2H3,(H,13,16)(H,14,15,17)/b7-6-. The van der Waals surface area contributed by atoms with Crippen LogP contribution < -0.4 is 10.6 Å². The fraction of sp³-hybridized carbons (Fsp3) is 0.364. The van der Waals surface area contributed by atoms with E-state index in [9.17, 15) is 18.8 Å². The zero-order valence-corrected chi connectivity index (χ0v) is 9.38. The summed E-state index contributed by atoms with van der Waals surface area (Å²) in [7, 11) is 0. The van der Waals surface area contributed by atoms with Crippen molar-refractivity contribution in [3.63, 3.8) is 0 Å². The van der Waals surface area contributed by atoms with Crippen molar-refractivity contribution in [2.45, 2.75) is 25.8 Å². The van der Waals surface area contributed by atoms with Gasteiger partial charge in [-0.1, -0.05) is 12.7 Å². The van der Waals surface area contributed by atoms with Crippen LogP contribution in [0.5, 0.6) is 0 Å². The van der Waals surface area contributed by atoms with Crippen molar-refractivity contribution in [2.24, 2.45) is 0 Å². The van der Waals surface area contributed by atoms with Crippen molar-refractivity contribution in [3.8, 4) is 0 Å². The topological polar surface area (TPSA) is 75.3 Å². The fourth-order valence-corrected chi connectivity index (χ4v) is 1.46. The van der Waals surface area contributed by atoms with Crippen LogP contribution in [0.15, 0.2) is 24.1 Å². The van der Waals surface area contributed by atoms with Crippen LogP contribution >= 0.6 is 0 Å². The van der Waals surface area contributed by atoms with Crippen molar-refractivity contribution in [2.75, 3.05) is 0 Å². The number of nitrogens with one attached hydrogen (secondary N) is 2. The van der Waals surface area contributed by atoms with Crippen LogP contribution in [-0.2, 0) is 14.4 Å². The second-order valence-electron chi connectivity index (χ2n) is 3.63. The number of hydrogen-bond donors (Lipinski definition) is 2. The molecule has 1 rings (SSSR count). The first kappa shape index (κ1) is 13.1. The molecule has 6 heteroatoms. The summed E-state index contributed by atoms with van der Waals surface area (Å²) < 4.78 is 12.9. The predicted octanol–water partition coefficient (Wildman–Crippen LogP) is 0.337. The average Bonchev–Trinajstić information content (AvgIpc) is 2.22. The van der Waals surface area contributed by atoms with Gasteiger partial charge in [0.1, 0.15) is 11.9 Å². The zero-order valence-electron chi connectivity index (χ0n) is 9.38. The molecule has 0 bridgehead atoms. The molecule has 0 aromatic heterocycles. The summed E-state index contributed by atoms with van der Waals surface area (Å²) >= 11 is 0.